The van der Waals surface area contributed by atoms with Crippen LogP contribution < -0.4 is 20.1 Å². The first kappa shape index (κ1) is 30.1. The van der Waals surface area contributed by atoms with Crippen molar-refractivity contribution in [3.63, 3.8) is 0 Å². The predicted molar refractivity (Wildman–Crippen MR) is 170 cm³/mol. The summed E-state index contributed by atoms with van der Waals surface area (Å²) in [5.74, 6) is 1.50. The van der Waals surface area contributed by atoms with Gasteiger partial charge in [-0.25, -0.2) is 9.79 Å². The third-order valence-corrected chi connectivity index (χ3v) is 8.44. The van der Waals surface area contributed by atoms with Gasteiger partial charge < -0.3 is 29.6 Å². The lowest BCUT2D eigenvalue weighted by Crippen LogP contribution is -2.41. The molecule has 0 aliphatic carbocycles. The van der Waals surface area contributed by atoms with Gasteiger partial charge in [0.2, 0.25) is 11.8 Å². The number of hydrogen-bond acceptors (Lipinski definition) is 9. The number of nitrogens with zero attached hydrogens (tertiary/aromatic N) is 2. The summed E-state index contributed by atoms with van der Waals surface area (Å²) in [6.07, 6.45) is 2.10. The third-order valence-electron chi connectivity index (χ3n) is 7.21. The number of fused-ring (bicyclic) bond motifs is 1. The third kappa shape index (κ3) is 7.40. The number of anilines is 1. The van der Waals surface area contributed by atoms with Crippen LogP contribution in [0.25, 0.3) is 0 Å². The zero-order valence-corrected chi connectivity index (χ0v) is 25.4. The lowest BCUT2D eigenvalue weighted by molar-refractivity contribution is -0.126. The topological polar surface area (TPSA) is 128 Å². The van der Waals surface area contributed by atoms with E-state index >= 15 is 0 Å². The molecule has 0 aromatic heterocycles. The van der Waals surface area contributed by atoms with Gasteiger partial charge in [0, 0.05) is 18.2 Å². The Balaban J connectivity index is 1.10. The van der Waals surface area contributed by atoms with Crippen LogP contribution in [0.4, 0.5) is 16.2 Å². The summed E-state index contributed by atoms with van der Waals surface area (Å²) in [5.41, 5.74) is 2.78. The van der Waals surface area contributed by atoms with E-state index in [0.717, 1.165) is 23.3 Å². The molecule has 11 nitrogen and oxygen atoms in total. The van der Waals surface area contributed by atoms with E-state index in [-0.39, 0.29) is 12.5 Å². The summed E-state index contributed by atoms with van der Waals surface area (Å²) in [6, 6.07) is 20.9. The Morgan fingerprint density at radius 1 is 1.00 bits per heavy atom. The van der Waals surface area contributed by atoms with Crippen molar-refractivity contribution in [1.29, 1.82) is 0 Å². The summed E-state index contributed by atoms with van der Waals surface area (Å²) in [5, 5.41) is 5.35. The van der Waals surface area contributed by atoms with Crippen molar-refractivity contribution in [1.82, 2.24) is 10.2 Å². The van der Waals surface area contributed by atoms with Crippen LogP contribution in [-0.2, 0) is 25.7 Å². The van der Waals surface area contributed by atoms with Gasteiger partial charge in [0.05, 0.1) is 18.8 Å². The maximum atomic E-state index is 13.7. The smallest absolute Gasteiger partial charge is 0.408 e. The number of thioether (sulfide) groups is 1. The molecule has 2 N–H and O–H groups in total. The molecular formula is C33H32N4O7S. The Bertz CT molecular complexity index is 1630. The molecule has 232 valence electrons. The van der Waals surface area contributed by atoms with E-state index in [1.54, 1.807) is 42.2 Å². The van der Waals surface area contributed by atoms with Crippen molar-refractivity contribution < 1.29 is 33.3 Å². The van der Waals surface area contributed by atoms with Crippen molar-refractivity contribution in [2.45, 2.75) is 31.2 Å². The summed E-state index contributed by atoms with van der Waals surface area (Å²) < 4.78 is 22.2. The predicted octanol–water partition coefficient (Wildman–Crippen LogP) is 5.32. The first-order valence-corrected chi connectivity index (χ1v) is 15.5. The molecular weight excluding hydrogens is 596 g/mol. The Morgan fingerprint density at radius 2 is 1.78 bits per heavy atom. The lowest BCUT2D eigenvalue weighted by Gasteiger charge is -2.19. The van der Waals surface area contributed by atoms with Crippen molar-refractivity contribution in [3.05, 3.63) is 95.8 Å². The molecule has 0 spiro atoms. The van der Waals surface area contributed by atoms with Crippen molar-refractivity contribution in [2.24, 2.45) is 4.99 Å². The van der Waals surface area contributed by atoms with Gasteiger partial charge in [-0.15, -0.1) is 0 Å². The van der Waals surface area contributed by atoms with Crippen LogP contribution in [0.2, 0.25) is 0 Å². The quantitative estimate of drug-likeness (QED) is 0.326. The minimum Gasteiger partial charge on any atom is -0.496 e. The molecule has 1 unspecified atom stereocenters. The van der Waals surface area contributed by atoms with E-state index in [9.17, 15) is 14.4 Å². The van der Waals surface area contributed by atoms with Crippen LogP contribution in [0.3, 0.4) is 0 Å². The van der Waals surface area contributed by atoms with E-state index in [2.05, 4.69) is 10.6 Å². The van der Waals surface area contributed by atoms with Crippen LogP contribution >= 0.6 is 11.8 Å². The summed E-state index contributed by atoms with van der Waals surface area (Å²) in [7, 11) is 0. The molecule has 6 rings (SSSR count). The zero-order chi connectivity index (χ0) is 31.2. The largest absolute Gasteiger partial charge is 0.496 e. The van der Waals surface area contributed by atoms with Gasteiger partial charge in [-0.1, -0.05) is 54.2 Å². The highest BCUT2D eigenvalue weighted by atomic mass is 32.2. The van der Waals surface area contributed by atoms with Crippen LogP contribution in [0.1, 0.15) is 29.7 Å². The number of nitrogens with one attached hydrogen (secondary N) is 2. The van der Waals surface area contributed by atoms with E-state index < -0.39 is 23.3 Å². The van der Waals surface area contributed by atoms with Gasteiger partial charge in [0.15, 0.2) is 16.7 Å². The highest BCUT2D eigenvalue weighted by Gasteiger charge is 2.40. The van der Waals surface area contributed by atoms with Gasteiger partial charge in [0.1, 0.15) is 36.9 Å². The van der Waals surface area contributed by atoms with Crippen LogP contribution in [0, 0.1) is 0 Å². The Kier molecular flexibility index (Phi) is 9.20. The maximum Gasteiger partial charge on any atom is 0.408 e. The Hall–Kier alpha value is -4.97. The van der Waals surface area contributed by atoms with E-state index in [1.165, 1.54) is 11.8 Å². The number of amidine groups is 1. The molecule has 3 aliphatic rings. The van der Waals surface area contributed by atoms with Gasteiger partial charge >= 0.3 is 6.09 Å². The molecule has 1 saturated heterocycles. The van der Waals surface area contributed by atoms with Crippen molar-refractivity contribution in [3.8, 4) is 11.5 Å². The fraction of sp³-hybridized carbons (Fsp3) is 0.273. The van der Waals surface area contributed by atoms with Crippen LogP contribution in [0.5, 0.6) is 11.5 Å². The lowest BCUT2D eigenvalue weighted by atomic mass is 10.1. The fourth-order valence-corrected chi connectivity index (χ4v) is 6.02. The molecule has 12 heteroatoms. The maximum absolute atomic E-state index is 13.7. The molecule has 3 aromatic carbocycles. The van der Waals surface area contributed by atoms with E-state index in [1.807, 2.05) is 48.5 Å². The molecule has 45 heavy (non-hydrogen) atoms. The molecule has 0 radical (unpaired) electrons. The highest BCUT2D eigenvalue weighted by molar-refractivity contribution is 8.15. The molecule has 2 atom stereocenters. The average molecular weight is 629 g/mol. The summed E-state index contributed by atoms with van der Waals surface area (Å²) in [4.78, 5) is 45.0. The van der Waals surface area contributed by atoms with E-state index in [0.29, 0.717) is 54.4 Å². The average Bonchev–Trinajstić information content (AvgIpc) is 3.69. The number of carbonyl (C=O) groups is 3. The second-order valence-corrected chi connectivity index (χ2v) is 11.6. The zero-order valence-electron chi connectivity index (χ0n) is 24.6. The number of alkyl carbamates (subject to hydrolysis) is 1. The summed E-state index contributed by atoms with van der Waals surface area (Å²) >= 11 is 1.35. The number of rotatable bonds is 9. The SMILES string of the molecule is C[C@H](NC(=O)OCc1ccccc1)C(=O)Nc1ccc(C2S/C(=N\c3ccc4c(c3)OCCO4)N(CC3=CCCO3)C2=O)cc1. The number of hydrogen-bond donors (Lipinski definition) is 2. The number of aliphatic imine (C=N–C) groups is 1. The number of amides is 3. The second kappa shape index (κ2) is 13.8. The number of carbonyl (C=O) groups excluding carboxylic acids is 3. The van der Waals surface area contributed by atoms with Crippen LogP contribution in [0.15, 0.2) is 89.6 Å². The van der Waals surface area contributed by atoms with Crippen LogP contribution in [-0.4, -0.2) is 60.4 Å². The van der Waals surface area contributed by atoms with Gasteiger partial charge in [0.25, 0.3) is 0 Å². The minimum atomic E-state index is -0.833. The molecule has 0 saturated carbocycles. The standard InChI is InChI=1S/C33H32N4O7S/c1-21(34-33(40)44-20-22-6-3-2-4-7-22)30(38)35-24-11-9-23(10-12-24)29-31(39)37(19-26-8-5-15-41-26)32(45-29)36-25-13-14-27-28(18-25)43-17-16-42-27/h2-4,6-14,18,21,29H,5,15-17,19-20H2,1H3,(H,34,40)(H,35,38)/b36-32-/t21-,29?/m0/s1. The molecule has 3 aliphatic heterocycles. The first-order chi connectivity index (χ1) is 21.9. The number of benzene rings is 3. The Labute approximate surface area is 264 Å². The second-order valence-electron chi connectivity index (χ2n) is 10.5. The fourth-order valence-electron chi connectivity index (χ4n) is 4.84. The Morgan fingerprint density at radius 3 is 2.53 bits per heavy atom. The number of ether oxygens (including phenoxy) is 4. The molecule has 3 amide bonds. The first-order valence-electron chi connectivity index (χ1n) is 14.6. The molecule has 3 aromatic rings. The summed E-state index contributed by atoms with van der Waals surface area (Å²) in [6.45, 7) is 3.52. The van der Waals surface area contributed by atoms with Crippen molar-refractivity contribution >= 4 is 46.2 Å². The van der Waals surface area contributed by atoms with Gasteiger partial charge in [-0.2, -0.15) is 0 Å². The van der Waals surface area contributed by atoms with Crippen molar-refractivity contribution in [2.75, 3.05) is 31.7 Å². The molecule has 0 bridgehead atoms. The van der Waals surface area contributed by atoms with Gasteiger partial charge in [-0.3, -0.25) is 14.5 Å². The monoisotopic (exact) mass is 628 g/mol. The normalized spacial score (nSPS) is 18.6. The van der Waals surface area contributed by atoms with Gasteiger partial charge in [-0.05, 0) is 48.4 Å². The van der Waals surface area contributed by atoms with E-state index in [4.69, 9.17) is 23.9 Å². The minimum absolute atomic E-state index is 0.103. The molecule has 1 fully saturated rings. The highest BCUT2D eigenvalue weighted by Crippen LogP contribution is 2.42. The molecule has 3 heterocycles.